The van der Waals surface area contributed by atoms with Crippen LogP contribution in [0.25, 0.3) is 0 Å². The van der Waals surface area contributed by atoms with Crippen LogP contribution in [0.1, 0.15) is 26.7 Å². The zero-order valence-corrected chi connectivity index (χ0v) is 12.4. The molecule has 0 rings (SSSR count). The van der Waals surface area contributed by atoms with E-state index in [9.17, 15) is 0 Å². The van der Waals surface area contributed by atoms with E-state index in [2.05, 4.69) is 30.7 Å². The number of thiocarbonyl (C=S) groups is 1. The van der Waals surface area contributed by atoms with E-state index in [1.807, 2.05) is 11.8 Å². The Kier molecular flexibility index (Phi) is 9.07. The molecule has 0 amide bonds. The zero-order chi connectivity index (χ0) is 12.4. The maximum absolute atomic E-state index is 5.19. The van der Waals surface area contributed by atoms with Crippen LogP contribution in [0.5, 0.6) is 0 Å². The summed E-state index contributed by atoms with van der Waals surface area (Å²) in [6.45, 7) is 6.80. The summed E-state index contributed by atoms with van der Waals surface area (Å²) in [6, 6.07) is 0. The lowest BCUT2D eigenvalue weighted by atomic mass is 10.0. The first-order valence-electron chi connectivity index (χ1n) is 5.70. The van der Waals surface area contributed by atoms with Crippen LogP contribution < -0.4 is 10.6 Å². The fourth-order valence-electron chi connectivity index (χ4n) is 1.43. The van der Waals surface area contributed by atoms with E-state index >= 15 is 0 Å². The van der Waals surface area contributed by atoms with Crippen molar-refractivity contribution in [2.45, 2.75) is 31.4 Å². The predicted octanol–water partition coefficient (Wildman–Crippen LogP) is 2.02. The Morgan fingerprint density at radius 3 is 2.38 bits per heavy atom. The number of ether oxygens (including phenoxy) is 1. The topological polar surface area (TPSA) is 33.3 Å². The number of thioether (sulfide) groups is 1. The molecule has 96 valence electrons. The number of rotatable bonds is 8. The standard InChI is InChI=1S/C11H24N2OS2/c1-5-11(6-2,16-4)9-13-10(15)12-7-8-14-3/h5-9H2,1-4H3,(H2,12,13,15). The monoisotopic (exact) mass is 264 g/mol. The van der Waals surface area contributed by atoms with Gasteiger partial charge in [-0.1, -0.05) is 13.8 Å². The lowest BCUT2D eigenvalue weighted by Crippen LogP contribution is -2.44. The third kappa shape index (κ3) is 5.92. The number of methoxy groups -OCH3 is 1. The molecule has 0 aliphatic carbocycles. The minimum Gasteiger partial charge on any atom is -0.383 e. The number of hydrogen-bond donors (Lipinski definition) is 2. The maximum atomic E-state index is 5.19. The van der Waals surface area contributed by atoms with E-state index in [0.29, 0.717) is 11.4 Å². The van der Waals surface area contributed by atoms with E-state index in [4.69, 9.17) is 17.0 Å². The van der Waals surface area contributed by atoms with Crippen LogP contribution in [0, 0.1) is 0 Å². The first-order valence-corrected chi connectivity index (χ1v) is 7.33. The average Bonchev–Trinajstić information content (AvgIpc) is 2.32. The minimum absolute atomic E-state index is 0.299. The van der Waals surface area contributed by atoms with Crippen molar-refractivity contribution in [3.05, 3.63) is 0 Å². The van der Waals surface area contributed by atoms with Crippen molar-refractivity contribution < 1.29 is 4.74 Å². The predicted molar refractivity (Wildman–Crippen MR) is 77.3 cm³/mol. The van der Waals surface area contributed by atoms with Crippen LogP contribution in [-0.2, 0) is 4.74 Å². The second kappa shape index (κ2) is 9.07. The van der Waals surface area contributed by atoms with Gasteiger partial charge in [-0.25, -0.2) is 0 Å². The Labute approximate surface area is 109 Å². The SMILES string of the molecule is CCC(CC)(CNC(=S)NCCOC)SC. The van der Waals surface area contributed by atoms with Crippen LogP contribution in [-0.4, -0.2) is 42.9 Å². The summed E-state index contributed by atoms with van der Waals surface area (Å²) < 4.78 is 5.25. The van der Waals surface area contributed by atoms with Gasteiger partial charge in [0, 0.05) is 24.9 Å². The third-order valence-corrected chi connectivity index (χ3v) is 4.76. The summed E-state index contributed by atoms with van der Waals surface area (Å²) in [6.07, 6.45) is 4.47. The molecule has 2 N–H and O–H groups in total. The van der Waals surface area contributed by atoms with Crippen LogP contribution in [0.15, 0.2) is 0 Å². The molecule has 0 spiro atoms. The first kappa shape index (κ1) is 16.0. The minimum atomic E-state index is 0.299. The summed E-state index contributed by atoms with van der Waals surface area (Å²) in [5, 5.41) is 7.11. The normalized spacial score (nSPS) is 11.2. The van der Waals surface area contributed by atoms with Crippen LogP contribution in [0.2, 0.25) is 0 Å². The van der Waals surface area contributed by atoms with Gasteiger partial charge in [-0.3, -0.25) is 0 Å². The van der Waals surface area contributed by atoms with Gasteiger partial charge >= 0.3 is 0 Å². The fourth-order valence-corrected chi connectivity index (χ4v) is 2.40. The highest BCUT2D eigenvalue weighted by molar-refractivity contribution is 8.00. The molecule has 0 saturated heterocycles. The Hall–Kier alpha value is -0.0000000000000000555. The molecule has 0 aliphatic rings. The lowest BCUT2D eigenvalue weighted by molar-refractivity contribution is 0.204. The molecule has 0 aliphatic heterocycles. The maximum Gasteiger partial charge on any atom is 0.166 e. The number of nitrogens with one attached hydrogen (secondary N) is 2. The second-order valence-corrected chi connectivity index (χ2v) is 5.38. The summed E-state index contributed by atoms with van der Waals surface area (Å²) >= 11 is 7.11. The largest absolute Gasteiger partial charge is 0.383 e. The molecule has 0 unspecified atom stereocenters. The Balaban J connectivity index is 3.87. The molecule has 0 atom stereocenters. The molecule has 0 bridgehead atoms. The molecule has 0 aromatic rings. The Morgan fingerprint density at radius 2 is 1.94 bits per heavy atom. The van der Waals surface area contributed by atoms with Crippen LogP contribution >= 0.6 is 24.0 Å². The van der Waals surface area contributed by atoms with E-state index in [1.165, 1.54) is 0 Å². The van der Waals surface area contributed by atoms with Gasteiger partial charge < -0.3 is 15.4 Å². The average molecular weight is 264 g/mol. The highest BCUT2D eigenvalue weighted by Crippen LogP contribution is 2.29. The Bertz CT molecular complexity index is 188. The molecular weight excluding hydrogens is 240 g/mol. The van der Waals surface area contributed by atoms with Crippen molar-refractivity contribution in [3.8, 4) is 0 Å². The molecule has 0 radical (unpaired) electrons. The molecule has 3 nitrogen and oxygen atoms in total. The molecule has 0 aromatic heterocycles. The van der Waals surface area contributed by atoms with Crippen molar-refractivity contribution in [1.82, 2.24) is 10.6 Å². The smallest absolute Gasteiger partial charge is 0.166 e. The van der Waals surface area contributed by atoms with Gasteiger partial charge in [-0.05, 0) is 31.3 Å². The first-order chi connectivity index (χ1) is 7.64. The molecule has 0 heterocycles. The van der Waals surface area contributed by atoms with Gasteiger partial charge in [0.05, 0.1) is 6.61 Å². The van der Waals surface area contributed by atoms with Crippen molar-refractivity contribution in [3.63, 3.8) is 0 Å². The third-order valence-electron chi connectivity index (χ3n) is 2.88. The fraction of sp³-hybridized carbons (Fsp3) is 0.909. The quantitative estimate of drug-likeness (QED) is 0.518. The molecule has 0 aromatic carbocycles. The van der Waals surface area contributed by atoms with E-state index in [-0.39, 0.29) is 0 Å². The van der Waals surface area contributed by atoms with Crippen molar-refractivity contribution in [1.29, 1.82) is 0 Å². The summed E-state index contributed by atoms with van der Waals surface area (Å²) in [5.74, 6) is 0. The van der Waals surface area contributed by atoms with Crippen molar-refractivity contribution >= 4 is 29.1 Å². The molecule has 0 fully saturated rings. The zero-order valence-electron chi connectivity index (χ0n) is 10.8. The van der Waals surface area contributed by atoms with Crippen LogP contribution in [0.3, 0.4) is 0 Å². The molecule has 0 saturated carbocycles. The summed E-state index contributed by atoms with van der Waals surface area (Å²) in [4.78, 5) is 0. The van der Waals surface area contributed by atoms with Gasteiger partial charge in [0.1, 0.15) is 0 Å². The molecule has 16 heavy (non-hydrogen) atoms. The summed E-state index contributed by atoms with van der Waals surface area (Å²) in [7, 11) is 1.69. The highest BCUT2D eigenvalue weighted by Gasteiger charge is 2.24. The van der Waals surface area contributed by atoms with Crippen molar-refractivity contribution in [2.75, 3.05) is 33.1 Å². The molecular formula is C11H24N2OS2. The Morgan fingerprint density at radius 1 is 1.31 bits per heavy atom. The van der Waals surface area contributed by atoms with Gasteiger partial charge in [-0.2, -0.15) is 11.8 Å². The van der Waals surface area contributed by atoms with E-state index in [0.717, 1.165) is 31.0 Å². The van der Waals surface area contributed by atoms with Gasteiger partial charge in [0.15, 0.2) is 5.11 Å². The van der Waals surface area contributed by atoms with E-state index in [1.54, 1.807) is 7.11 Å². The highest BCUT2D eigenvalue weighted by atomic mass is 32.2. The van der Waals surface area contributed by atoms with Gasteiger partial charge in [-0.15, -0.1) is 0 Å². The molecule has 5 heteroatoms. The number of hydrogen-bond acceptors (Lipinski definition) is 3. The second-order valence-electron chi connectivity index (χ2n) is 3.70. The van der Waals surface area contributed by atoms with Gasteiger partial charge in [0.2, 0.25) is 0 Å². The lowest BCUT2D eigenvalue weighted by Gasteiger charge is -2.30. The summed E-state index contributed by atoms with van der Waals surface area (Å²) in [5.41, 5.74) is 0. The van der Waals surface area contributed by atoms with E-state index < -0.39 is 0 Å². The van der Waals surface area contributed by atoms with Crippen molar-refractivity contribution in [2.24, 2.45) is 0 Å². The van der Waals surface area contributed by atoms with Crippen LogP contribution in [0.4, 0.5) is 0 Å². The van der Waals surface area contributed by atoms with Gasteiger partial charge in [0.25, 0.3) is 0 Å².